The molecule has 2 atom stereocenters. The molecule has 2 fully saturated rings. The Morgan fingerprint density at radius 2 is 1.76 bits per heavy atom. The van der Waals surface area contributed by atoms with Crippen molar-refractivity contribution in [3.63, 3.8) is 0 Å². The van der Waals surface area contributed by atoms with Crippen LogP contribution in [-0.2, 0) is 22.6 Å². The van der Waals surface area contributed by atoms with Gasteiger partial charge in [-0.3, -0.25) is 4.21 Å². The minimum Gasteiger partial charge on any atom is -0.385 e. The Kier molecular flexibility index (Phi) is 3.40. The summed E-state index contributed by atoms with van der Waals surface area (Å²) in [6.45, 7) is 0. The van der Waals surface area contributed by atoms with Crippen molar-refractivity contribution in [1.29, 1.82) is 0 Å². The van der Waals surface area contributed by atoms with E-state index in [1.165, 1.54) is 0 Å². The quantitative estimate of drug-likeness (QED) is 0.807. The van der Waals surface area contributed by atoms with Gasteiger partial charge >= 0.3 is 6.18 Å². The Bertz CT molecular complexity index is 583. The van der Waals surface area contributed by atoms with Crippen molar-refractivity contribution in [2.24, 2.45) is 0 Å². The summed E-state index contributed by atoms with van der Waals surface area (Å²) in [6, 6.07) is 2.20. The minimum absolute atomic E-state index is 0.121. The third kappa shape index (κ3) is 2.50. The zero-order valence-electron chi connectivity index (χ0n) is 11.0. The fraction of sp³-hybridized carbons (Fsp3) is 0.571. The van der Waals surface area contributed by atoms with Gasteiger partial charge in [-0.1, -0.05) is 6.07 Å². The van der Waals surface area contributed by atoms with E-state index in [0.717, 1.165) is 12.1 Å². The zero-order chi connectivity index (χ0) is 15.4. The fourth-order valence-corrected chi connectivity index (χ4v) is 5.53. The summed E-state index contributed by atoms with van der Waals surface area (Å²) in [5, 5.41) is 10.3. The van der Waals surface area contributed by atoms with Crippen molar-refractivity contribution in [1.82, 2.24) is 0 Å². The molecule has 2 heterocycles. The predicted molar refractivity (Wildman–Crippen MR) is 69.5 cm³/mol. The molecular weight excluding hydrogens is 308 g/mol. The van der Waals surface area contributed by atoms with Gasteiger partial charge in [-0.15, -0.1) is 0 Å². The normalized spacial score (nSPS) is 36.0. The van der Waals surface area contributed by atoms with Crippen LogP contribution in [0.15, 0.2) is 18.2 Å². The number of halogens is 4. The second-order valence-corrected chi connectivity index (χ2v) is 7.77. The molecule has 0 aromatic heterocycles. The number of rotatable bonds is 1. The van der Waals surface area contributed by atoms with E-state index in [2.05, 4.69) is 0 Å². The van der Waals surface area contributed by atoms with Crippen LogP contribution in [0.1, 0.15) is 36.8 Å². The van der Waals surface area contributed by atoms with E-state index in [0.29, 0.717) is 18.9 Å². The van der Waals surface area contributed by atoms with Gasteiger partial charge in [0.05, 0.1) is 11.2 Å². The van der Waals surface area contributed by atoms with Gasteiger partial charge in [0, 0.05) is 26.9 Å². The maximum Gasteiger partial charge on any atom is 0.416 e. The van der Waals surface area contributed by atoms with Crippen LogP contribution in [0.25, 0.3) is 0 Å². The molecule has 1 aromatic rings. The topological polar surface area (TPSA) is 37.3 Å². The van der Waals surface area contributed by atoms with E-state index < -0.39 is 34.0 Å². The summed E-state index contributed by atoms with van der Waals surface area (Å²) in [6.07, 6.45) is -2.92. The second kappa shape index (κ2) is 4.78. The van der Waals surface area contributed by atoms with Gasteiger partial charge in [0.15, 0.2) is 0 Å². The number of hydrogen-bond acceptors (Lipinski definition) is 2. The lowest BCUT2D eigenvalue weighted by atomic mass is 9.85. The number of hydrogen-bond donors (Lipinski definition) is 1. The van der Waals surface area contributed by atoms with Gasteiger partial charge < -0.3 is 5.11 Å². The van der Waals surface area contributed by atoms with Crippen LogP contribution in [0.4, 0.5) is 17.6 Å². The van der Waals surface area contributed by atoms with Crippen LogP contribution >= 0.6 is 0 Å². The van der Waals surface area contributed by atoms with Crippen molar-refractivity contribution in [3.8, 4) is 0 Å². The van der Waals surface area contributed by atoms with E-state index in [4.69, 9.17) is 0 Å². The lowest BCUT2D eigenvalue weighted by Gasteiger charge is -2.36. The molecule has 2 bridgehead atoms. The van der Waals surface area contributed by atoms with Crippen LogP contribution in [0.2, 0.25) is 0 Å². The maximum absolute atomic E-state index is 14.0. The first-order chi connectivity index (χ1) is 9.71. The molecule has 116 valence electrons. The first kappa shape index (κ1) is 15.0. The molecular formula is C14H14F4O2S. The standard InChI is InChI=1S/C14H14F4O2S/c15-12-5-8(14(16,17)18)1-4-11(12)13(19)6-9-2-3-10(7-13)21(9)20/h1,4-5,9-10,19H,2-3,6-7H2. The molecule has 0 aliphatic carbocycles. The number of fused-ring (bicyclic) bond motifs is 2. The van der Waals surface area contributed by atoms with Gasteiger partial charge in [0.25, 0.3) is 0 Å². The van der Waals surface area contributed by atoms with Crippen LogP contribution in [-0.4, -0.2) is 19.8 Å². The summed E-state index contributed by atoms with van der Waals surface area (Å²) in [5.74, 6) is -1.06. The highest BCUT2D eigenvalue weighted by Crippen LogP contribution is 2.46. The molecule has 7 heteroatoms. The number of aliphatic hydroxyl groups is 1. The third-order valence-corrected chi connectivity index (χ3v) is 6.52. The van der Waals surface area contributed by atoms with Crippen LogP contribution < -0.4 is 0 Å². The van der Waals surface area contributed by atoms with E-state index in [1.807, 2.05) is 0 Å². The molecule has 0 spiro atoms. The predicted octanol–water partition coefficient (Wildman–Crippen LogP) is 3.11. The maximum atomic E-state index is 14.0. The Morgan fingerprint density at radius 1 is 1.19 bits per heavy atom. The third-order valence-electron chi connectivity index (χ3n) is 4.40. The van der Waals surface area contributed by atoms with E-state index >= 15 is 0 Å². The van der Waals surface area contributed by atoms with E-state index in [9.17, 15) is 26.9 Å². The summed E-state index contributed by atoms with van der Waals surface area (Å²) >= 11 is 0. The van der Waals surface area contributed by atoms with E-state index in [-0.39, 0.29) is 28.9 Å². The van der Waals surface area contributed by atoms with E-state index in [1.54, 1.807) is 0 Å². The molecule has 2 saturated heterocycles. The smallest absolute Gasteiger partial charge is 0.385 e. The Labute approximate surface area is 121 Å². The number of alkyl halides is 3. The summed E-state index contributed by atoms with van der Waals surface area (Å²) in [5.41, 5.74) is -2.72. The van der Waals surface area contributed by atoms with Gasteiger partial charge in [0.2, 0.25) is 0 Å². The van der Waals surface area contributed by atoms with Crippen molar-refractivity contribution < 1.29 is 26.9 Å². The lowest BCUT2D eigenvalue weighted by molar-refractivity contribution is -0.137. The van der Waals surface area contributed by atoms with Gasteiger partial charge in [0.1, 0.15) is 5.82 Å². The summed E-state index contributed by atoms with van der Waals surface area (Å²) in [4.78, 5) is 0. The highest BCUT2D eigenvalue weighted by Gasteiger charge is 2.49. The molecule has 2 aliphatic rings. The average molecular weight is 322 g/mol. The first-order valence-corrected chi connectivity index (χ1v) is 7.97. The van der Waals surface area contributed by atoms with Crippen LogP contribution in [0.3, 0.4) is 0 Å². The Balaban J connectivity index is 1.96. The van der Waals surface area contributed by atoms with Crippen LogP contribution in [0, 0.1) is 5.82 Å². The molecule has 0 amide bonds. The molecule has 0 radical (unpaired) electrons. The number of benzene rings is 1. The van der Waals surface area contributed by atoms with Crippen LogP contribution in [0.5, 0.6) is 0 Å². The lowest BCUT2D eigenvalue weighted by Crippen LogP contribution is -2.40. The minimum atomic E-state index is -4.62. The molecule has 2 unspecified atom stereocenters. The van der Waals surface area contributed by atoms with Crippen molar-refractivity contribution in [3.05, 3.63) is 35.1 Å². The molecule has 21 heavy (non-hydrogen) atoms. The second-order valence-electron chi connectivity index (χ2n) is 5.78. The molecule has 2 aliphatic heterocycles. The fourth-order valence-electron chi connectivity index (χ4n) is 3.37. The average Bonchev–Trinajstić information content (AvgIpc) is 2.61. The Morgan fingerprint density at radius 3 is 2.24 bits per heavy atom. The SMILES string of the molecule is O=S1C2CCC1CC(O)(c1ccc(C(F)(F)F)cc1F)C2. The van der Waals surface area contributed by atoms with Gasteiger partial charge in [-0.05, 0) is 37.8 Å². The highest BCUT2D eigenvalue weighted by molar-refractivity contribution is 7.86. The zero-order valence-corrected chi connectivity index (χ0v) is 11.8. The van der Waals surface area contributed by atoms with Crippen molar-refractivity contribution in [2.75, 3.05) is 0 Å². The first-order valence-electron chi connectivity index (χ1n) is 6.70. The molecule has 1 aromatic carbocycles. The molecule has 1 N–H and O–H groups in total. The van der Waals surface area contributed by atoms with Crippen molar-refractivity contribution in [2.45, 2.75) is 48.0 Å². The molecule has 2 nitrogen and oxygen atoms in total. The molecule has 0 saturated carbocycles. The largest absolute Gasteiger partial charge is 0.416 e. The summed E-state index contributed by atoms with van der Waals surface area (Å²) < 4.78 is 63.6. The summed E-state index contributed by atoms with van der Waals surface area (Å²) in [7, 11) is -1.03. The van der Waals surface area contributed by atoms with Gasteiger partial charge in [-0.2, -0.15) is 13.2 Å². The Hall–Kier alpha value is -0.950. The van der Waals surface area contributed by atoms with Gasteiger partial charge in [-0.25, -0.2) is 4.39 Å². The molecule has 3 rings (SSSR count). The monoisotopic (exact) mass is 322 g/mol. The van der Waals surface area contributed by atoms with Crippen molar-refractivity contribution >= 4 is 10.8 Å². The highest BCUT2D eigenvalue weighted by atomic mass is 32.2.